The number of aryl methyl sites for hydroxylation is 1. The summed E-state index contributed by atoms with van der Waals surface area (Å²) < 4.78 is 18.9. The molecule has 0 saturated heterocycles. The summed E-state index contributed by atoms with van der Waals surface area (Å²) >= 11 is 0. The molecule has 2 heterocycles. The van der Waals surface area contributed by atoms with Gasteiger partial charge in [0.15, 0.2) is 12.1 Å². The third-order valence-electron chi connectivity index (χ3n) is 5.05. The van der Waals surface area contributed by atoms with Crippen LogP contribution >= 0.6 is 0 Å². The van der Waals surface area contributed by atoms with Gasteiger partial charge in [0.05, 0.1) is 6.42 Å². The maximum atomic E-state index is 13.7. The molecule has 6 nitrogen and oxygen atoms in total. The van der Waals surface area contributed by atoms with Crippen LogP contribution in [0.2, 0.25) is 0 Å². The predicted molar refractivity (Wildman–Crippen MR) is 105 cm³/mol. The van der Waals surface area contributed by atoms with E-state index in [9.17, 15) is 14.0 Å². The standard InChI is InChI=1S/C22H20FN3O3/c1-14-21(24-13-29-14)22(28)26-9-8-15-6-7-18(10-17(15)12-26)25-20(27)11-16-4-2-3-5-19(16)23/h2-7,10,13H,8-9,11-12H2,1H3,(H,25,27). The number of nitrogens with zero attached hydrogens (tertiary/aromatic N) is 2. The van der Waals surface area contributed by atoms with Gasteiger partial charge in [0.2, 0.25) is 5.91 Å². The molecule has 29 heavy (non-hydrogen) atoms. The van der Waals surface area contributed by atoms with Gasteiger partial charge in [-0.25, -0.2) is 9.37 Å². The Hall–Kier alpha value is -3.48. The van der Waals surface area contributed by atoms with Crippen molar-refractivity contribution in [3.63, 3.8) is 0 Å². The fourth-order valence-corrected chi connectivity index (χ4v) is 3.49. The van der Waals surface area contributed by atoms with Crippen LogP contribution in [0.1, 0.15) is 32.9 Å². The number of oxazole rings is 1. The molecule has 1 N–H and O–H groups in total. The first-order valence-electron chi connectivity index (χ1n) is 9.35. The zero-order chi connectivity index (χ0) is 20.4. The zero-order valence-corrected chi connectivity index (χ0v) is 15.9. The highest BCUT2D eigenvalue weighted by Gasteiger charge is 2.25. The SMILES string of the molecule is Cc1ocnc1C(=O)N1CCc2ccc(NC(=O)Cc3ccccc3F)cc2C1. The van der Waals surface area contributed by atoms with Gasteiger partial charge in [0.25, 0.3) is 5.91 Å². The molecule has 0 unspecified atom stereocenters. The van der Waals surface area contributed by atoms with E-state index in [1.54, 1.807) is 30.0 Å². The molecule has 0 aliphatic carbocycles. The molecule has 0 bridgehead atoms. The van der Waals surface area contributed by atoms with Crippen LogP contribution in [-0.4, -0.2) is 28.2 Å². The summed E-state index contributed by atoms with van der Waals surface area (Å²) in [5.74, 6) is -0.367. The van der Waals surface area contributed by atoms with E-state index in [1.165, 1.54) is 12.5 Å². The van der Waals surface area contributed by atoms with Crippen molar-refractivity contribution in [3.05, 3.63) is 82.8 Å². The molecule has 0 fully saturated rings. The molecule has 2 aromatic carbocycles. The van der Waals surface area contributed by atoms with Gasteiger partial charge in [-0.15, -0.1) is 0 Å². The zero-order valence-electron chi connectivity index (χ0n) is 15.9. The Bertz CT molecular complexity index is 1080. The maximum absolute atomic E-state index is 13.7. The van der Waals surface area contributed by atoms with E-state index in [0.29, 0.717) is 35.8 Å². The van der Waals surface area contributed by atoms with E-state index in [-0.39, 0.29) is 18.2 Å². The lowest BCUT2D eigenvalue weighted by Crippen LogP contribution is -2.36. The van der Waals surface area contributed by atoms with Crippen LogP contribution in [0.5, 0.6) is 0 Å². The second kappa shape index (κ2) is 7.87. The molecular formula is C22H20FN3O3. The first kappa shape index (κ1) is 18.9. The van der Waals surface area contributed by atoms with E-state index >= 15 is 0 Å². The third-order valence-corrected chi connectivity index (χ3v) is 5.05. The summed E-state index contributed by atoms with van der Waals surface area (Å²) in [6, 6.07) is 11.9. The summed E-state index contributed by atoms with van der Waals surface area (Å²) in [4.78, 5) is 30.7. The quantitative estimate of drug-likeness (QED) is 0.736. The van der Waals surface area contributed by atoms with Crippen molar-refractivity contribution >= 4 is 17.5 Å². The Labute approximate surface area is 167 Å². The number of amides is 2. The number of rotatable bonds is 4. The van der Waals surface area contributed by atoms with Crippen LogP contribution in [-0.2, 0) is 24.2 Å². The molecule has 148 valence electrons. The summed E-state index contributed by atoms with van der Waals surface area (Å²) in [6.07, 6.45) is 1.95. The van der Waals surface area contributed by atoms with Crippen molar-refractivity contribution in [2.45, 2.75) is 26.3 Å². The molecule has 4 rings (SSSR count). The minimum Gasteiger partial charge on any atom is -0.448 e. The van der Waals surface area contributed by atoms with Crippen LogP contribution in [0.25, 0.3) is 0 Å². The average Bonchev–Trinajstić information content (AvgIpc) is 3.14. The number of hydrogen-bond donors (Lipinski definition) is 1. The van der Waals surface area contributed by atoms with Crippen molar-refractivity contribution < 1.29 is 18.4 Å². The maximum Gasteiger partial charge on any atom is 0.276 e. The normalized spacial score (nSPS) is 13.1. The fourth-order valence-electron chi connectivity index (χ4n) is 3.49. The summed E-state index contributed by atoms with van der Waals surface area (Å²) in [5.41, 5.74) is 3.40. The summed E-state index contributed by atoms with van der Waals surface area (Å²) in [6.45, 7) is 2.73. The summed E-state index contributed by atoms with van der Waals surface area (Å²) in [5, 5.41) is 2.81. The molecule has 0 radical (unpaired) electrons. The van der Waals surface area contributed by atoms with Crippen molar-refractivity contribution in [2.24, 2.45) is 0 Å². The Morgan fingerprint density at radius 2 is 2.03 bits per heavy atom. The van der Waals surface area contributed by atoms with E-state index in [4.69, 9.17) is 4.42 Å². The van der Waals surface area contributed by atoms with Gasteiger partial charge in [0.1, 0.15) is 11.6 Å². The lowest BCUT2D eigenvalue weighted by atomic mass is 9.98. The Morgan fingerprint density at radius 1 is 1.21 bits per heavy atom. The molecule has 1 aliphatic rings. The molecule has 1 aromatic heterocycles. The molecule has 3 aromatic rings. The van der Waals surface area contributed by atoms with Crippen LogP contribution in [0, 0.1) is 12.7 Å². The van der Waals surface area contributed by atoms with Crippen LogP contribution in [0.3, 0.4) is 0 Å². The lowest BCUT2D eigenvalue weighted by molar-refractivity contribution is -0.115. The van der Waals surface area contributed by atoms with E-state index in [1.807, 2.05) is 18.2 Å². The number of hydrogen-bond acceptors (Lipinski definition) is 4. The van der Waals surface area contributed by atoms with Gasteiger partial charge in [-0.3, -0.25) is 9.59 Å². The highest BCUT2D eigenvalue weighted by Crippen LogP contribution is 2.24. The molecule has 1 aliphatic heterocycles. The topological polar surface area (TPSA) is 75.4 Å². The number of anilines is 1. The van der Waals surface area contributed by atoms with Gasteiger partial charge in [-0.2, -0.15) is 0 Å². The first-order chi connectivity index (χ1) is 14.0. The van der Waals surface area contributed by atoms with Crippen molar-refractivity contribution in [2.75, 3.05) is 11.9 Å². The molecular weight excluding hydrogens is 373 g/mol. The van der Waals surface area contributed by atoms with Gasteiger partial charge in [0, 0.05) is 18.8 Å². The minimum absolute atomic E-state index is 0.0419. The smallest absolute Gasteiger partial charge is 0.276 e. The number of carbonyl (C=O) groups is 2. The second-order valence-electron chi connectivity index (χ2n) is 7.03. The number of aromatic nitrogens is 1. The molecule has 2 amide bonds. The molecule has 0 spiro atoms. The second-order valence-corrected chi connectivity index (χ2v) is 7.03. The lowest BCUT2D eigenvalue weighted by Gasteiger charge is -2.28. The molecule has 7 heteroatoms. The number of carbonyl (C=O) groups excluding carboxylic acids is 2. The monoisotopic (exact) mass is 393 g/mol. The van der Waals surface area contributed by atoms with Gasteiger partial charge in [-0.05, 0) is 48.2 Å². The highest BCUT2D eigenvalue weighted by atomic mass is 19.1. The number of fused-ring (bicyclic) bond motifs is 1. The third kappa shape index (κ3) is 4.03. The van der Waals surface area contributed by atoms with Crippen molar-refractivity contribution in [3.8, 4) is 0 Å². The summed E-state index contributed by atoms with van der Waals surface area (Å²) in [7, 11) is 0. The van der Waals surface area contributed by atoms with E-state index < -0.39 is 5.82 Å². The Kier molecular flexibility index (Phi) is 5.12. The number of halogens is 1. The van der Waals surface area contributed by atoms with E-state index in [2.05, 4.69) is 10.3 Å². The van der Waals surface area contributed by atoms with Gasteiger partial charge < -0.3 is 14.6 Å². The molecule has 0 saturated carbocycles. The first-order valence-corrected chi connectivity index (χ1v) is 9.35. The van der Waals surface area contributed by atoms with Crippen LogP contribution in [0.4, 0.5) is 10.1 Å². The van der Waals surface area contributed by atoms with Gasteiger partial charge in [-0.1, -0.05) is 24.3 Å². The average molecular weight is 393 g/mol. The fraction of sp³-hybridized carbons (Fsp3) is 0.227. The largest absolute Gasteiger partial charge is 0.448 e. The van der Waals surface area contributed by atoms with Gasteiger partial charge >= 0.3 is 0 Å². The number of benzene rings is 2. The minimum atomic E-state index is -0.398. The molecule has 0 atom stereocenters. The number of nitrogens with one attached hydrogen (secondary N) is 1. The highest BCUT2D eigenvalue weighted by molar-refractivity contribution is 5.94. The van der Waals surface area contributed by atoms with Crippen molar-refractivity contribution in [1.82, 2.24) is 9.88 Å². The van der Waals surface area contributed by atoms with Crippen LogP contribution < -0.4 is 5.32 Å². The Morgan fingerprint density at radius 3 is 2.79 bits per heavy atom. The predicted octanol–water partition coefficient (Wildman–Crippen LogP) is 3.50. The van der Waals surface area contributed by atoms with E-state index in [0.717, 1.165) is 17.5 Å². The van der Waals surface area contributed by atoms with Crippen molar-refractivity contribution in [1.29, 1.82) is 0 Å². The Balaban J connectivity index is 1.46. The van der Waals surface area contributed by atoms with Crippen LogP contribution in [0.15, 0.2) is 53.3 Å².